The average Bonchev–Trinajstić information content (AvgIpc) is 2.50. The van der Waals surface area contributed by atoms with Crippen LogP contribution in [0.4, 0.5) is 0 Å². The molecule has 2 nitrogen and oxygen atoms in total. The number of nitrogens with one attached hydrogen (secondary N) is 1. The second kappa shape index (κ2) is 8.60. The first-order valence-corrected chi connectivity index (χ1v) is 7.72. The lowest BCUT2D eigenvalue weighted by atomic mass is 10.1. The summed E-state index contributed by atoms with van der Waals surface area (Å²) in [4.78, 5) is 0. The molecule has 0 unspecified atom stereocenters. The lowest BCUT2D eigenvalue weighted by Gasteiger charge is -2.07. The molecule has 0 heterocycles. The fourth-order valence-corrected chi connectivity index (χ4v) is 2.28. The zero-order chi connectivity index (χ0) is 14.0. The van der Waals surface area contributed by atoms with E-state index in [9.17, 15) is 0 Å². The van der Waals surface area contributed by atoms with E-state index in [2.05, 4.69) is 54.7 Å². The number of unbranched alkanes of at least 4 members (excludes halogenated alkanes) is 2. The largest absolute Gasteiger partial charge is 0.494 e. The van der Waals surface area contributed by atoms with E-state index in [4.69, 9.17) is 4.74 Å². The van der Waals surface area contributed by atoms with Crippen molar-refractivity contribution in [3.8, 4) is 5.75 Å². The van der Waals surface area contributed by atoms with Crippen LogP contribution in [0.15, 0.2) is 42.5 Å². The highest BCUT2D eigenvalue weighted by Gasteiger charge is 1.97. The topological polar surface area (TPSA) is 21.3 Å². The monoisotopic (exact) mass is 271 g/mol. The summed E-state index contributed by atoms with van der Waals surface area (Å²) in [7, 11) is 0. The summed E-state index contributed by atoms with van der Waals surface area (Å²) in [5, 5.41) is 5.93. The predicted octanol–water partition coefficient (Wildman–Crippen LogP) is 4.39. The van der Waals surface area contributed by atoms with E-state index < -0.39 is 0 Å². The van der Waals surface area contributed by atoms with Crippen LogP contribution in [-0.4, -0.2) is 19.7 Å². The van der Waals surface area contributed by atoms with Gasteiger partial charge in [-0.15, -0.1) is 0 Å². The summed E-state index contributed by atoms with van der Waals surface area (Å²) < 4.78 is 5.82. The van der Waals surface area contributed by atoms with Gasteiger partial charge < -0.3 is 10.1 Å². The summed E-state index contributed by atoms with van der Waals surface area (Å²) in [5.74, 6) is 0.979. The molecular formula is C18H25NO. The Labute approximate surface area is 122 Å². The van der Waals surface area contributed by atoms with Crippen molar-refractivity contribution in [3.05, 3.63) is 42.5 Å². The minimum absolute atomic E-state index is 0.812. The van der Waals surface area contributed by atoms with Gasteiger partial charge in [0.1, 0.15) is 5.75 Å². The Morgan fingerprint density at radius 1 is 0.900 bits per heavy atom. The van der Waals surface area contributed by atoms with E-state index in [0.717, 1.165) is 31.9 Å². The first kappa shape index (κ1) is 14.9. The molecule has 0 aliphatic carbocycles. The van der Waals surface area contributed by atoms with Gasteiger partial charge in [-0.05, 0) is 61.7 Å². The minimum Gasteiger partial charge on any atom is -0.494 e. The Morgan fingerprint density at radius 2 is 1.75 bits per heavy atom. The Bertz CT molecular complexity index is 509. The van der Waals surface area contributed by atoms with Crippen LogP contribution in [0.25, 0.3) is 10.8 Å². The highest BCUT2D eigenvalue weighted by Crippen LogP contribution is 2.20. The number of hydrogen-bond donors (Lipinski definition) is 1. The van der Waals surface area contributed by atoms with Gasteiger partial charge in [0, 0.05) is 0 Å². The molecule has 2 aromatic carbocycles. The van der Waals surface area contributed by atoms with Crippen LogP contribution >= 0.6 is 0 Å². The normalized spacial score (nSPS) is 10.8. The maximum atomic E-state index is 5.82. The standard InChI is InChI=1S/C18H25NO/c1-2-12-19-13-6-3-7-14-20-18-11-10-16-8-4-5-9-17(16)15-18/h4-5,8-11,15,19H,2-3,6-7,12-14H2,1H3. The molecule has 0 radical (unpaired) electrons. The highest BCUT2D eigenvalue weighted by molar-refractivity contribution is 5.83. The predicted molar refractivity (Wildman–Crippen MR) is 86.5 cm³/mol. The van der Waals surface area contributed by atoms with Crippen molar-refractivity contribution in [2.75, 3.05) is 19.7 Å². The molecule has 0 aliphatic rings. The van der Waals surface area contributed by atoms with Gasteiger partial charge in [0.05, 0.1) is 6.61 Å². The molecule has 20 heavy (non-hydrogen) atoms. The molecule has 0 aliphatic heterocycles. The molecule has 0 spiro atoms. The maximum Gasteiger partial charge on any atom is 0.119 e. The van der Waals surface area contributed by atoms with Crippen molar-refractivity contribution >= 4 is 10.8 Å². The van der Waals surface area contributed by atoms with Crippen molar-refractivity contribution < 1.29 is 4.74 Å². The van der Waals surface area contributed by atoms with Crippen LogP contribution in [-0.2, 0) is 0 Å². The molecule has 0 atom stereocenters. The first-order chi connectivity index (χ1) is 9.90. The second-order valence-electron chi connectivity index (χ2n) is 5.17. The Hall–Kier alpha value is -1.54. The summed E-state index contributed by atoms with van der Waals surface area (Å²) >= 11 is 0. The Balaban J connectivity index is 1.65. The summed E-state index contributed by atoms with van der Waals surface area (Å²) in [6.45, 7) is 5.27. The highest BCUT2D eigenvalue weighted by atomic mass is 16.5. The van der Waals surface area contributed by atoms with E-state index >= 15 is 0 Å². The van der Waals surface area contributed by atoms with Gasteiger partial charge in [0.15, 0.2) is 0 Å². The molecular weight excluding hydrogens is 246 g/mol. The Morgan fingerprint density at radius 3 is 2.60 bits per heavy atom. The second-order valence-corrected chi connectivity index (χ2v) is 5.17. The number of rotatable bonds is 9. The van der Waals surface area contributed by atoms with Gasteiger partial charge in [-0.2, -0.15) is 0 Å². The minimum atomic E-state index is 0.812. The van der Waals surface area contributed by atoms with Crippen molar-refractivity contribution in [1.82, 2.24) is 5.32 Å². The third-order valence-corrected chi connectivity index (χ3v) is 3.41. The fraction of sp³-hybridized carbons (Fsp3) is 0.444. The molecule has 0 saturated heterocycles. The zero-order valence-electron chi connectivity index (χ0n) is 12.4. The van der Waals surface area contributed by atoms with Crippen LogP contribution in [0.5, 0.6) is 5.75 Å². The summed E-state index contributed by atoms with van der Waals surface area (Å²) in [6.07, 6.45) is 4.80. The molecule has 0 saturated carbocycles. The van der Waals surface area contributed by atoms with Crippen molar-refractivity contribution in [3.63, 3.8) is 0 Å². The van der Waals surface area contributed by atoms with Gasteiger partial charge in [-0.3, -0.25) is 0 Å². The van der Waals surface area contributed by atoms with Gasteiger partial charge in [0.25, 0.3) is 0 Å². The molecule has 0 amide bonds. The third-order valence-electron chi connectivity index (χ3n) is 3.41. The van der Waals surface area contributed by atoms with Gasteiger partial charge in [-0.1, -0.05) is 37.3 Å². The maximum absolute atomic E-state index is 5.82. The van der Waals surface area contributed by atoms with Gasteiger partial charge in [0.2, 0.25) is 0 Å². The third kappa shape index (κ3) is 4.86. The van der Waals surface area contributed by atoms with E-state index in [1.165, 1.54) is 30.0 Å². The number of hydrogen-bond acceptors (Lipinski definition) is 2. The van der Waals surface area contributed by atoms with Crippen LogP contribution in [0.3, 0.4) is 0 Å². The molecule has 0 bridgehead atoms. The number of fused-ring (bicyclic) bond motifs is 1. The lowest BCUT2D eigenvalue weighted by molar-refractivity contribution is 0.305. The molecule has 0 fully saturated rings. The van der Waals surface area contributed by atoms with E-state index in [0.29, 0.717) is 0 Å². The summed E-state index contributed by atoms with van der Waals surface area (Å²) in [5.41, 5.74) is 0. The Kier molecular flexibility index (Phi) is 6.39. The van der Waals surface area contributed by atoms with Crippen molar-refractivity contribution in [2.24, 2.45) is 0 Å². The fourth-order valence-electron chi connectivity index (χ4n) is 2.28. The molecule has 2 rings (SSSR count). The van der Waals surface area contributed by atoms with Gasteiger partial charge >= 0.3 is 0 Å². The van der Waals surface area contributed by atoms with Gasteiger partial charge in [-0.25, -0.2) is 0 Å². The van der Waals surface area contributed by atoms with E-state index in [1.54, 1.807) is 0 Å². The summed E-state index contributed by atoms with van der Waals surface area (Å²) in [6, 6.07) is 14.7. The molecule has 1 N–H and O–H groups in total. The van der Waals surface area contributed by atoms with E-state index in [-0.39, 0.29) is 0 Å². The van der Waals surface area contributed by atoms with Crippen molar-refractivity contribution in [1.29, 1.82) is 0 Å². The van der Waals surface area contributed by atoms with E-state index in [1.807, 2.05) is 0 Å². The SMILES string of the molecule is CCCNCCCCCOc1ccc2ccccc2c1. The van der Waals surface area contributed by atoms with Crippen LogP contribution in [0, 0.1) is 0 Å². The average molecular weight is 271 g/mol. The smallest absolute Gasteiger partial charge is 0.119 e. The quantitative estimate of drug-likeness (QED) is 0.683. The van der Waals surface area contributed by atoms with Crippen LogP contribution in [0.1, 0.15) is 32.6 Å². The van der Waals surface area contributed by atoms with Crippen molar-refractivity contribution in [2.45, 2.75) is 32.6 Å². The zero-order valence-corrected chi connectivity index (χ0v) is 12.4. The first-order valence-electron chi connectivity index (χ1n) is 7.72. The molecule has 2 aromatic rings. The molecule has 0 aromatic heterocycles. The lowest BCUT2D eigenvalue weighted by Crippen LogP contribution is -2.15. The number of ether oxygens (including phenoxy) is 1. The molecule has 108 valence electrons. The molecule has 2 heteroatoms. The number of benzene rings is 2. The van der Waals surface area contributed by atoms with Crippen LogP contribution in [0.2, 0.25) is 0 Å². The van der Waals surface area contributed by atoms with Crippen LogP contribution < -0.4 is 10.1 Å².